The quantitative estimate of drug-likeness (QED) is 0.885. The molecule has 2 aromatic rings. The van der Waals surface area contributed by atoms with Gasteiger partial charge in [-0.3, -0.25) is 0 Å². The molecular weight excluding hydrogens is 264 g/mol. The van der Waals surface area contributed by atoms with E-state index in [-0.39, 0.29) is 11.3 Å². The Morgan fingerprint density at radius 1 is 1.58 bits per heavy atom. The van der Waals surface area contributed by atoms with Gasteiger partial charge in [0.15, 0.2) is 5.82 Å². The Hall–Kier alpha value is -2.15. The van der Waals surface area contributed by atoms with Crippen molar-refractivity contribution >= 4 is 28.8 Å². The van der Waals surface area contributed by atoms with E-state index in [9.17, 15) is 4.79 Å². The van der Waals surface area contributed by atoms with Crippen LogP contribution >= 0.6 is 11.3 Å². The second kappa shape index (κ2) is 5.23. The molecule has 0 radical (unpaired) electrons. The van der Waals surface area contributed by atoms with E-state index in [0.29, 0.717) is 12.4 Å². The molecule has 0 fully saturated rings. The summed E-state index contributed by atoms with van der Waals surface area (Å²) in [6.07, 6.45) is 1.44. The lowest BCUT2D eigenvalue weighted by molar-refractivity contribution is 0.0698. The third-order valence-electron chi connectivity index (χ3n) is 2.63. The molecule has 0 saturated carbocycles. The lowest BCUT2D eigenvalue weighted by atomic mass is 10.2. The summed E-state index contributed by atoms with van der Waals surface area (Å²) in [6.45, 7) is 2.47. The summed E-state index contributed by atoms with van der Waals surface area (Å²) in [5.74, 6) is -0.607. The van der Waals surface area contributed by atoms with Crippen molar-refractivity contribution in [3.8, 4) is 0 Å². The maximum Gasteiger partial charge on any atom is 0.337 e. The molecule has 2 heterocycles. The maximum atomic E-state index is 11.0. The summed E-state index contributed by atoms with van der Waals surface area (Å²) < 4.78 is 0. The first-order chi connectivity index (χ1) is 8.99. The standard InChI is InChI=1S/C12H14N4O2S/c1-7-15-8(6-19-7)5-16(2)11-10(13)9(12(17)18)3-4-14-11/h3-4,6H,5,13H2,1-2H3,(H,17,18). The first-order valence-corrected chi connectivity index (χ1v) is 6.47. The van der Waals surface area contributed by atoms with Gasteiger partial charge in [0.2, 0.25) is 0 Å². The van der Waals surface area contributed by atoms with Gasteiger partial charge in [-0.15, -0.1) is 11.3 Å². The second-order valence-corrected chi connectivity index (χ2v) is 5.18. The van der Waals surface area contributed by atoms with Crippen LogP contribution in [0.2, 0.25) is 0 Å². The largest absolute Gasteiger partial charge is 0.478 e. The highest BCUT2D eigenvalue weighted by Crippen LogP contribution is 2.24. The molecule has 100 valence electrons. The molecule has 3 N–H and O–H groups in total. The van der Waals surface area contributed by atoms with Gasteiger partial charge in [0, 0.05) is 18.6 Å². The van der Waals surface area contributed by atoms with Crippen LogP contribution in [0.15, 0.2) is 17.6 Å². The molecule has 0 saturated heterocycles. The Morgan fingerprint density at radius 3 is 2.89 bits per heavy atom. The highest BCUT2D eigenvalue weighted by molar-refractivity contribution is 7.09. The van der Waals surface area contributed by atoms with Gasteiger partial charge in [-0.1, -0.05) is 0 Å². The molecule has 2 aromatic heterocycles. The van der Waals surface area contributed by atoms with E-state index in [1.165, 1.54) is 12.3 Å². The van der Waals surface area contributed by atoms with Gasteiger partial charge in [-0.2, -0.15) is 0 Å². The van der Waals surface area contributed by atoms with Crippen LogP contribution in [0.1, 0.15) is 21.1 Å². The molecule has 0 aliphatic rings. The Kier molecular flexibility index (Phi) is 3.66. The molecule has 0 bridgehead atoms. The number of carbonyl (C=O) groups is 1. The SMILES string of the molecule is Cc1nc(CN(C)c2nccc(C(=O)O)c2N)cs1. The minimum Gasteiger partial charge on any atom is -0.478 e. The van der Waals surface area contributed by atoms with Gasteiger partial charge in [0.1, 0.15) is 0 Å². The smallest absolute Gasteiger partial charge is 0.337 e. The summed E-state index contributed by atoms with van der Waals surface area (Å²) >= 11 is 1.57. The number of aromatic carboxylic acids is 1. The molecule has 2 rings (SSSR count). The number of nitrogens with two attached hydrogens (primary N) is 1. The lowest BCUT2D eigenvalue weighted by Crippen LogP contribution is -2.20. The third kappa shape index (κ3) is 2.82. The van der Waals surface area contributed by atoms with Crippen molar-refractivity contribution in [3.05, 3.63) is 33.9 Å². The van der Waals surface area contributed by atoms with Crippen LogP contribution in [0.5, 0.6) is 0 Å². The molecular formula is C12H14N4O2S. The number of hydrogen-bond donors (Lipinski definition) is 2. The fourth-order valence-electron chi connectivity index (χ4n) is 1.75. The third-order valence-corrected chi connectivity index (χ3v) is 3.45. The maximum absolute atomic E-state index is 11.0. The number of aryl methyl sites for hydroxylation is 1. The summed E-state index contributed by atoms with van der Waals surface area (Å²) in [7, 11) is 1.80. The monoisotopic (exact) mass is 278 g/mol. The van der Waals surface area contributed by atoms with Crippen LogP contribution in [0.25, 0.3) is 0 Å². The fraction of sp³-hybridized carbons (Fsp3) is 0.250. The van der Waals surface area contributed by atoms with Gasteiger partial charge in [0.05, 0.1) is 28.5 Å². The minimum absolute atomic E-state index is 0.0614. The zero-order valence-electron chi connectivity index (χ0n) is 10.6. The Labute approximate surface area is 114 Å². The van der Waals surface area contributed by atoms with Crippen LogP contribution in [0.3, 0.4) is 0 Å². The molecule has 0 atom stereocenters. The number of carboxylic acids is 1. The van der Waals surface area contributed by atoms with Gasteiger partial charge in [-0.05, 0) is 13.0 Å². The van der Waals surface area contributed by atoms with E-state index in [2.05, 4.69) is 9.97 Å². The summed E-state index contributed by atoms with van der Waals surface area (Å²) in [5.41, 5.74) is 6.98. The summed E-state index contributed by atoms with van der Waals surface area (Å²) in [4.78, 5) is 21.3. The van der Waals surface area contributed by atoms with Crippen molar-refractivity contribution in [2.24, 2.45) is 0 Å². The van der Waals surface area contributed by atoms with Crippen LogP contribution in [0, 0.1) is 6.92 Å². The molecule has 0 unspecified atom stereocenters. The fourth-order valence-corrected chi connectivity index (χ4v) is 2.36. The number of anilines is 2. The van der Waals surface area contributed by atoms with Crippen molar-refractivity contribution in [1.29, 1.82) is 0 Å². The van der Waals surface area contributed by atoms with Gasteiger partial charge in [0.25, 0.3) is 0 Å². The van der Waals surface area contributed by atoms with E-state index in [0.717, 1.165) is 10.7 Å². The highest BCUT2D eigenvalue weighted by atomic mass is 32.1. The highest BCUT2D eigenvalue weighted by Gasteiger charge is 2.15. The molecule has 7 heteroatoms. The number of carboxylic acid groups (broad SMARTS) is 1. The second-order valence-electron chi connectivity index (χ2n) is 4.11. The van der Waals surface area contributed by atoms with Crippen LogP contribution in [-0.4, -0.2) is 28.1 Å². The predicted octanol–water partition coefficient (Wildman–Crippen LogP) is 1.76. The van der Waals surface area contributed by atoms with E-state index in [1.807, 2.05) is 12.3 Å². The van der Waals surface area contributed by atoms with Crippen LogP contribution in [-0.2, 0) is 6.54 Å². The van der Waals surface area contributed by atoms with Gasteiger partial charge in [-0.25, -0.2) is 14.8 Å². The van der Waals surface area contributed by atoms with Gasteiger partial charge >= 0.3 is 5.97 Å². The predicted molar refractivity (Wildman–Crippen MR) is 74.6 cm³/mol. The summed E-state index contributed by atoms with van der Waals surface area (Å²) in [5, 5.41) is 12.0. The number of pyridine rings is 1. The number of aromatic nitrogens is 2. The average Bonchev–Trinajstić information content (AvgIpc) is 2.74. The molecule has 19 heavy (non-hydrogen) atoms. The topological polar surface area (TPSA) is 92.3 Å². The zero-order valence-corrected chi connectivity index (χ0v) is 11.4. The van der Waals surface area contributed by atoms with Gasteiger partial charge < -0.3 is 15.7 Å². The van der Waals surface area contributed by atoms with Crippen LogP contribution in [0.4, 0.5) is 11.5 Å². The Morgan fingerprint density at radius 2 is 2.32 bits per heavy atom. The first-order valence-electron chi connectivity index (χ1n) is 5.59. The van der Waals surface area contributed by atoms with E-state index >= 15 is 0 Å². The molecule has 0 amide bonds. The normalized spacial score (nSPS) is 10.4. The Balaban J connectivity index is 2.26. The van der Waals surface area contributed by atoms with Crippen molar-refractivity contribution in [1.82, 2.24) is 9.97 Å². The lowest BCUT2D eigenvalue weighted by Gasteiger charge is -2.19. The van der Waals surface area contributed by atoms with Crippen molar-refractivity contribution < 1.29 is 9.90 Å². The zero-order chi connectivity index (χ0) is 14.0. The summed E-state index contributed by atoms with van der Waals surface area (Å²) in [6, 6.07) is 1.39. The Bertz CT molecular complexity index is 612. The molecule has 0 aliphatic carbocycles. The van der Waals surface area contributed by atoms with Crippen molar-refractivity contribution in [3.63, 3.8) is 0 Å². The molecule has 0 spiro atoms. The number of rotatable bonds is 4. The van der Waals surface area contributed by atoms with Crippen molar-refractivity contribution in [2.75, 3.05) is 17.7 Å². The molecule has 0 aromatic carbocycles. The number of nitrogens with zero attached hydrogens (tertiary/aromatic N) is 3. The number of thiazole rings is 1. The molecule has 0 aliphatic heterocycles. The van der Waals surface area contributed by atoms with E-state index in [4.69, 9.17) is 10.8 Å². The number of nitrogen functional groups attached to an aromatic ring is 1. The molecule has 6 nitrogen and oxygen atoms in total. The average molecular weight is 278 g/mol. The van der Waals surface area contributed by atoms with E-state index in [1.54, 1.807) is 23.3 Å². The van der Waals surface area contributed by atoms with Crippen molar-refractivity contribution in [2.45, 2.75) is 13.5 Å². The first kappa shape index (κ1) is 13.3. The minimum atomic E-state index is -1.06. The van der Waals surface area contributed by atoms with Crippen LogP contribution < -0.4 is 10.6 Å². The van der Waals surface area contributed by atoms with E-state index < -0.39 is 5.97 Å². The number of hydrogen-bond acceptors (Lipinski definition) is 6.